The number of ether oxygens (including phenoxy) is 1. The minimum atomic E-state index is -0.704. The molecule has 5 rings (SSSR count). The van der Waals surface area contributed by atoms with Crippen molar-refractivity contribution in [2.45, 2.75) is 72.1 Å². The van der Waals surface area contributed by atoms with E-state index in [1.807, 2.05) is 25.1 Å². The van der Waals surface area contributed by atoms with Crippen LogP contribution in [0.1, 0.15) is 62.8 Å². The molecule has 1 atom stereocenters. The third-order valence-corrected chi connectivity index (χ3v) is 9.20. The minimum absolute atomic E-state index is 0.0260. The summed E-state index contributed by atoms with van der Waals surface area (Å²) in [5.41, 5.74) is 2.30. The van der Waals surface area contributed by atoms with E-state index in [0.717, 1.165) is 11.1 Å². The average Bonchev–Trinajstić information content (AvgIpc) is 3.49. The molecule has 1 fully saturated rings. The van der Waals surface area contributed by atoms with E-state index >= 15 is 0 Å². The fourth-order valence-corrected chi connectivity index (χ4v) is 6.46. The van der Waals surface area contributed by atoms with Gasteiger partial charge in [-0.3, -0.25) is 14.4 Å². The molecular formula is C38H47FN6O5. The van der Waals surface area contributed by atoms with Crippen LogP contribution in [0.4, 0.5) is 20.7 Å². The van der Waals surface area contributed by atoms with E-state index in [0.29, 0.717) is 61.4 Å². The van der Waals surface area contributed by atoms with Crippen molar-refractivity contribution in [2.75, 3.05) is 37.3 Å². The summed E-state index contributed by atoms with van der Waals surface area (Å²) in [6.45, 7) is 8.42. The lowest BCUT2D eigenvalue weighted by molar-refractivity contribution is -0.145. The molecule has 0 unspecified atom stereocenters. The number of amides is 4. The van der Waals surface area contributed by atoms with E-state index in [-0.39, 0.29) is 37.4 Å². The van der Waals surface area contributed by atoms with Gasteiger partial charge in [0.1, 0.15) is 23.8 Å². The zero-order valence-corrected chi connectivity index (χ0v) is 29.5. The van der Waals surface area contributed by atoms with Crippen LogP contribution in [0.2, 0.25) is 0 Å². The Morgan fingerprint density at radius 2 is 1.70 bits per heavy atom. The SMILES string of the molecule is CN(Cc1ccc(F)cc1CN(CC(=O)Nc1ccc2c(c1)C[C@H](C(=O)Nc1ccccn1)C2)C(=O)C1(C)CCNCC1)C(=O)OC(C)(C)C. The highest BCUT2D eigenvalue weighted by atomic mass is 19.1. The van der Waals surface area contributed by atoms with E-state index in [9.17, 15) is 23.6 Å². The van der Waals surface area contributed by atoms with E-state index in [2.05, 4.69) is 20.9 Å². The normalized spacial score (nSPS) is 16.6. The molecule has 2 heterocycles. The zero-order valence-electron chi connectivity index (χ0n) is 29.5. The van der Waals surface area contributed by atoms with Crippen molar-refractivity contribution in [3.8, 4) is 0 Å². The number of halogens is 1. The summed E-state index contributed by atoms with van der Waals surface area (Å²) >= 11 is 0. The van der Waals surface area contributed by atoms with Gasteiger partial charge in [-0.1, -0.05) is 25.1 Å². The van der Waals surface area contributed by atoms with Crippen LogP contribution in [0.5, 0.6) is 0 Å². The molecule has 1 aliphatic carbocycles. The predicted molar refractivity (Wildman–Crippen MR) is 189 cm³/mol. The Labute approximate surface area is 293 Å². The maximum atomic E-state index is 14.7. The molecular weight excluding hydrogens is 639 g/mol. The molecule has 2 aromatic carbocycles. The molecule has 1 aliphatic heterocycles. The molecule has 1 saturated heterocycles. The van der Waals surface area contributed by atoms with Crippen LogP contribution < -0.4 is 16.0 Å². The maximum Gasteiger partial charge on any atom is 0.410 e. The number of aromatic nitrogens is 1. The largest absolute Gasteiger partial charge is 0.444 e. The number of hydrogen-bond donors (Lipinski definition) is 3. The summed E-state index contributed by atoms with van der Waals surface area (Å²) in [6.07, 6.45) is 3.39. The first kappa shape index (κ1) is 36.4. The number of benzene rings is 2. The molecule has 2 aliphatic rings. The lowest BCUT2D eigenvalue weighted by atomic mass is 9.79. The second kappa shape index (κ2) is 15.4. The number of carbonyl (C=O) groups is 4. The Kier molecular flexibility index (Phi) is 11.2. The highest BCUT2D eigenvalue weighted by molar-refractivity contribution is 5.96. The molecule has 12 heteroatoms. The Bertz CT molecular complexity index is 1720. The topological polar surface area (TPSA) is 133 Å². The molecule has 4 amide bonds. The lowest BCUT2D eigenvalue weighted by Crippen LogP contribution is -2.49. The molecule has 0 spiro atoms. The van der Waals surface area contributed by atoms with E-state index in [1.165, 1.54) is 21.9 Å². The van der Waals surface area contributed by atoms with Gasteiger partial charge in [-0.2, -0.15) is 0 Å². The number of fused-ring (bicyclic) bond motifs is 1. The first-order valence-corrected chi connectivity index (χ1v) is 17.0. The second-order valence-corrected chi connectivity index (χ2v) is 14.6. The van der Waals surface area contributed by atoms with Crippen molar-refractivity contribution >= 4 is 35.3 Å². The van der Waals surface area contributed by atoms with Crippen molar-refractivity contribution < 1.29 is 28.3 Å². The summed E-state index contributed by atoms with van der Waals surface area (Å²) in [5, 5.41) is 9.09. The monoisotopic (exact) mass is 686 g/mol. The summed E-state index contributed by atoms with van der Waals surface area (Å²) in [4.78, 5) is 60.5. The summed E-state index contributed by atoms with van der Waals surface area (Å²) < 4.78 is 20.2. The highest BCUT2D eigenvalue weighted by Gasteiger charge is 2.38. The van der Waals surface area contributed by atoms with Gasteiger partial charge in [-0.05, 0) is 118 Å². The minimum Gasteiger partial charge on any atom is -0.444 e. The fourth-order valence-electron chi connectivity index (χ4n) is 6.46. The van der Waals surface area contributed by atoms with Crippen molar-refractivity contribution in [1.82, 2.24) is 20.1 Å². The smallest absolute Gasteiger partial charge is 0.410 e. The summed E-state index contributed by atoms with van der Waals surface area (Å²) in [6, 6.07) is 15.2. The van der Waals surface area contributed by atoms with Gasteiger partial charge < -0.3 is 30.5 Å². The van der Waals surface area contributed by atoms with Crippen LogP contribution in [-0.2, 0) is 45.1 Å². The van der Waals surface area contributed by atoms with Gasteiger partial charge in [0, 0.05) is 43.4 Å². The first-order chi connectivity index (χ1) is 23.7. The first-order valence-electron chi connectivity index (χ1n) is 17.0. The Hall–Kier alpha value is -4.84. The predicted octanol–water partition coefficient (Wildman–Crippen LogP) is 5.30. The molecule has 3 N–H and O–H groups in total. The molecule has 50 heavy (non-hydrogen) atoms. The quantitative estimate of drug-likeness (QED) is 0.264. The van der Waals surface area contributed by atoms with Crippen molar-refractivity contribution in [3.05, 3.63) is 88.9 Å². The molecule has 11 nitrogen and oxygen atoms in total. The van der Waals surface area contributed by atoms with Gasteiger partial charge in [-0.15, -0.1) is 0 Å². The number of nitrogens with one attached hydrogen (secondary N) is 3. The van der Waals surface area contributed by atoms with Crippen LogP contribution >= 0.6 is 0 Å². The molecule has 266 valence electrons. The number of anilines is 2. The Balaban J connectivity index is 1.31. The standard InChI is InChI=1S/C38H47FN6O5/c1-37(2,3)50-36(49)44(5)22-26-9-11-30(39)20-29(26)23-45(35(48)38(4)13-16-40-17-14-38)24-33(46)42-31-12-10-25-18-28(19-27(25)21-31)34(47)43-32-8-6-7-15-41-32/h6-12,15,20-21,28,40H,13-14,16-19,22-24H2,1-5H3,(H,42,46)(H,41,43,47)/t28-/m1/s1. The van der Waals surface area contributed by atoms with Crippen LogP contribution in [0.25, 0.3) is 0 Å². The van der Waals surface area contributed by atoms with Crippen LogP contribution in [0.15, 0.2) is 60.8 Å². The van der Waals surface area contributed by atoms with E-state index in [4.69, 9.17) is 4.74 Å². The number of rotatable bonds is 10. The molecule has 0 bridgehead atoms. The van der Waals surface area contributed by atoms with E-state index in [1.54, 1.807) is 58.3 Å². The maximum absolute atomic E-state index is 14.7. The Morgan fingerprint density at radius 1 is 0.960 bits per heavy atom. The highest BCUT2D eigenvalue weighted by Crippen LogP contribution is 2.33. The average molecular weight is 687 g/mol. The van der Waals surface area contributed by atoms with Crippen LogP contribution in [-0.4, -0.2) is 70.9 Å². The van der Waals surface area contributed by atoms with E-state index < -0.39 is 28.8 Å². The van der Waals surface area contributed by atoms with Gasteiger partial charge in [0.25, 0.3) is 0 Å². The van der Waals surface area contributed by atoms with Crippen molar-refractivity contribution in [1.29, 1.82) is 0 Å². The van der Waals surface area contributed by atoms with Crippen LogP contribution in [0.3, 0.4) is 0 Å². The lowest BCUT2D eigenvalue weighted by Gasteiger charge is -2.37. The molecule has 0 saturated carbocycles. The number of piperidine rings is 1. The summed E-state index contributed by atoms with van der Waals surface area (Å²) in [7, 11) is 1.60. The van der Waals surface area contributed by atoms with Gasteiger partial charge in [0.2, 0.25) is 17.7 Å². The summed E-state index contributed by atoms with van der Waals surface area (Å²) in [5.74, 6) is -0.951. The third-order valence-electron chi connectivity index (χ3n) is 9.20. The van der Waals surface area contributed by atoms with Gasteiger partial charge >= 0.3 is 6.09 Å². The van der Waals surface area contributed by atoms with Gasteiger partial charge in [0.15, 0.2) is 0 Å². The Morgan fingerprint density at radius 3 is 2.40 bits per heavy atom. The number of pyridine rings is 1. The molecule has 0 radical (unpaired) electrons. The zero-order chi connectivity index (χ0) is 36.1. The van der Waals surface area contributed by atoms with Gasteiger partial charge in [-0.25, -0.2) is 14.2 Å². The van der Waals surface area contributed by atoms with Crippen molar-refractivity contribution in [3.63, 3.8) is 0 Å². The second-order valence-electron chi connectivity index (χ2n) is 14.6. The van der Waals surface area contributed by atoms with Crippen molar-refractivity contribution in [2.24, 2.45) is 11.3 Å². The molecule has 1 aromatic heterocycles. The molecule has 3 aromatic rings. The van der Waals surface area contributed by atoms with Gasteiger partial charge in [0.05, 0.1) is 0 Å². The number of carbonyl (C=O) groups excluding carboxylic acids is 4. The third kappa shape index (κ3) is 9.44. The van der Waals surface area contributed by atoms with Crippen LogP contribution in [0, 0.1) is 17.2 Å². The number of nitrogens with zero attached hydrogens (tertiary/aromatic N) is 3. The number of hydrogen-bond acceptors (Lipinski definition) is 7. The fraction of sp³-hybridized carbons (Fsp3) is 0.447.